The zero-order valence-electron chi connectivity index (χ0n) is 12.0. The molecule has 5 nitrogen and oxygen atoms in total. The maximum absolute atomic E-state index is 12.5. The molecule has 0 bridgehead atoms. The van der Waals surface area contributed by atoms with Crippen LogP contribution in [-0.4, -0.2) is 41.1 Å². The third-order valence-corrected chi connectivity index (χ3v) is 3.80. The Bertz CT molecular complexity index is 564. The van der Waals surface area contributed by atoms with Gasteiger partial charge in [-0.15, -0.1) is 0 Å². The fraction of sp³-hybridized carbons (Fsp3) is 0.467. The molecule has 0 aliphatic carbocycles. The van der Waals surface area contributed by atoms with Crippen molar-refractivity contribution in [2.45, 2.75) is 32.4 Å². The van der Waals surface area contributed by atoms with Gasteiger partial charge >= 0.3 is 12.6 Å². The summed E-state index contributed by atoms with van der Waals surface area (Å²) in [6.45, 7) is -0.999. The van der Waals surface area contributed by atoms with Crippen LogP contribution in [0.2, 0.25) is 0 Å². The molecule has 2 rings (SSSR count). The van der Waals surface area contributed by atoms with Gasteiger partial charge in [-0.3, -0.25) is 9.59 Å². The monoisotopic (exact) mass is 313 g/mol. The molecule has 0 spiro atoms. The van der Waals surface area contributed by atoms with E-state index in [1.54, 1.807) is 0 Å². The van der Waals surface area contributed by atoms with Gasteiger partial charge in [0.15, 0.2) is 0 Å². The van der Waals surface area contributed by atoms with Crippen LogP contribution in [0.1, 0.15) is 30.1 Å². The maximum atomic E-state index is 12.5. The van der Waals surface area contributed by atoms with E-state index >= 15 is 0 Å². The summed E-state index contributed by atoms with van der Waals surface area (Å²) >= 11 is 0. The van der Waals surface area contributed by atoms with Crippen molar-refractivity contribution in [2.24, 2.45) is 5.92 Å². The van der Waals surface area contributed by atoms with Crippen LogP contribution >= 0.6 is 0 Å². The van der Waals surface area contributed by atoms with Crippen LogP contribution < -0.4 is 4.74 Å². The lowest BCUT2D eigenvalue weighted by atomic mass is 9.93. The van der Waals surface area contributed by atoms with Crippen molar-refractivity contribution in [3.05, 3.63) is 29.8 Å². The van der Waals surface area contributed by atoms with Crippen LogP contribution in [0.4, 0.5) is 8.78 Å². The van der Waals surface area contributed by atoms with Crippen molar-refractivity contribution in [2.75, 3.05) is 6.54 Å². The second-order valence-electron chi connectivity index (χ2n) is 5.33. The largest absolute Gasteiger partial charge is 0.481 e. The Morgan fingerprint density at radius 3 is 2.73 bits per heavy atom. The van der Waals surface area contributed by atoms with Crippen LogP contribution in [0.5, 0.6) is 5.75 Å². The molecule has 2 unspecified atom stereocenters. The van der Waals surface area contributed by atoms with Crippen LogP contribution in [0, 0.1) is 5.92 Å². The van der Waals surface area contributed by atoms with E-state index in [1.165, 1.54) is 29.2 Å². The highest BCUT2D eigenvalue weighted by atomic mass is 19.3. The van der Waals surface area contributed by atoms with Crippen molar-refractivity contribution < 1.29 is 28.2 Å². The standard InChI is InChI=1S/C15H17F2NO4/c1-9-5-6-11(14(20)21)8-18(9)13(19)10-3-2-4-12(7-10)22-15(16)17/h2-4,7,9,11,15H,5-6,8H2,1H3,(H,20,21). The second-order valence-corrected chi connectivity index (χ2v) is 5.33. The molecule has 2 atom stereocenters. The first-order chi connectivity index (χ1) is 10.4. The number of rotatable bonds is 4. The molecule has 7 heteroatoms. The van der Waals surface area contributed by atoms with Crippen molar-refractivity contribution in [3.63, 3.8) is 0 Å². The van der Waals surface area contributed by atoms with E-state index < -0.39 is 18.5 Å². The van der Waals surface area contributed by atoms with Crippen molar-refractivity contribution in [1.29, 1.82) is 0 Å². The van der Waals surface area contributed by atoms with E-state index in [0.29, 0.717) is 12.8 Å². The second kappa shape index (κ2) is 6.72. The molecule has 1 aromatic carbocycles. The van der Waals surface area contributed by atoms with Gasteiger partial charge in [0.1, 0.15) is 5.75 Å². The van der Waals surface area contributed by atoms with E-state index in [0.717, 1.165) is 0 Å². The quantitative estimate of drug-likeness (QED) is 0.928. The van der Waals surface area contributed by atoms with Gasteiger partial charge in [0.05, 0.1) is 5.92 Å². The minimum Gasteiger partial charge on any atom is -0.481 e. The number of alkyl halides is 2. The Kier molecular flexibility index (Phi) is 4.95. The fourth-order valence-corrected chi connectivity index (χ4v) is 2.56. The number of nitrogens with zero attached hydrogens (tertiary/aromatic N) is 1. The smallest absolute Gasteiger partial charge is 0.387 e. The normalized spacial score (nSPS) is 21.7. The van der Waals surface area contributed by atoms with E-state index in [-0.39, 0.29) is 29.8 Å². The third-order valence-electron chi connectivity index (χ3n) is 3.80. The van der Waals surface area contributed by atoms with Crippen LogP contribution in [-0.2, 0) is 4.79 Å². The van der Waals surface area contributed by atoms with Crippen LogP contribution in [0.3, 0.4) is 0 Å². The number of carbonyl (C=O) groups is 2. The molecule has 120 valence electrons. The lowest BCUT2D eigenvalue weighted by molar-refractivity contribution is -0.143. The zero-order chi connectivity index (χ0) is 16.3. The van der Waals surface area contributed by atoms with E-state index in [9.17, 15) is 18.4 Å². The summed E-state index contributed by atoms with van der Waals surface area (Å²) in [7, 11) is 0. The summed E-state index contributed by atoms with van der Waals surface area (Å²) in [4.78, 5) is 25.1. The van der Waals surface area contributed by atoms with Crippen molar-refractivity contribution in [1.82, 2.24) is 4.90 Å². The number of aliphatic carboxylic acids is 1. The average molecular weight is 313 g/mol. The lowest BCUT2D eigenvalue weighted by Gasteiger charge is -2.36. The lowest BCUT2D eigenvalue weighted by Crippen LogP contribution is -2.47. The zero-order valence-corrected chi connectivity index (χ0v) is 12.0. The highest BCUT2D eigenvalue weighted by Gasteiger charge is 2.33. The number of carboxylic acid groups (broad SMARTS) is 1. The number of benzene rings is 1. The molecule has 1 aliphatic heterocycles. The first-order valence-corrected chi connectivity index (χ1v) is 6.97. The Hall–Kier alpha value is -2.18. The predicted octanol–water partition coefficient (Wildman–Crippen LogP) is 2.61. The molecule has 22 heavy (non-hydrogen) atoms. The molecule has 1 aromatic rings. The van der Waals surface area contributed by atoms with E-state index in [4.69, 9.17) is 5.11 Å². The number of halogens is 2. The molecule has 1 amide bonds. The van der Waals surface area contributed by atoms with Gasteiger partial charge in [0, 0.05) is 18.2 Å². The minimum atomic E-state index is -2.96. The summed E-state index contributed by atoms with van der Waals surface area (Å²) in [6, 6.07) is 5.43. The Labute approximate surface area is 126 Å². The summed E-state index contributed by atoms with van der Waals surface area (Å²) in [5.41, 5.74) is 0.205. The molecule has 1 heterocycles. The molecule has 1 N–H and O–H groups in total. The number of hydrogen-bond donors (Lipinski definition) is 1. The van der Waals surface area contributed by atoms with Gasteiger partial charge in [-0.25, -0.2) is 0 Å². The molecular formula is C15H17F2NO4. The van der Waals surface area contributed by atoms with Crippen molar-refractivity contribution >= 4 is 11.9 Å². The molecule has 0 saturated carbocycles. The third kappa shape index (κ3) is 3.72. The molecule has 1 aliphatic rings. The summed E-state index contributed by atoms with van der Waals surface area (Å²) in [5, 5.41) is 9.10. The highest BCUT2D eigenvalue weighted by molar-refractivity contribution is 5.95. The number of hydrogen-bond acceptors (Lipinski definition) is 3. The van der Waals surface area contributed by atoms with Gasteiger partial charge in [-0.1, -0.05) is 6.07 Å². The minimum absolute atomic E-state index is 0.0947. The van der Waals surface area contributed by atoms with Crippen molar-refractivity contribution in [3.8, 4) is 5.75 Å². The number of piperidine rings is 1. The van der Waals surface area contributed by atoms with E-state index in [1.807, 2.05) is 6.92 Å². The fourth-order valence-electron chi connectivity index (χ4n) is 2.56. The number of likely N-dealkylation sites (tertiary alicyclic amines) is 1. The van der Waals surface area contributed by atoms with Crippen LogP contribution in [0.25, 0.3) is 0 Å². The van der Waals surface area contributed by atoms with Gasteiger partial charge in [-0.2, -0.15) is 8.78 Å². The van der Waals surface area contributed by atoms with Gasteiger partial charge < -0.3 is 14.7 Å². The van der Waals surface area contributed by atoms with Gasteiger partial charge in [0.2, 0.25) is 0 Å². The van der Waals surface area contributed by atoms with Gasteiger partial charge in [0.25, 0.3) is 5.91 Å². The summed E-state index contributed by atoms with van der Waals surface area (Å²) in [6.07, 6.45) is 1.12. The number of carboxylic acids is 1. The molecular weight excluding hydrogens is 296 g/mol. The number of amides is 1. The summed E-state index contributed by atoms with van der Waals surface area (Å²) in [5.74, 6) is -2.00. The topological polar surface area (TPSA) is 66.8 Å². The summed E-state index contributed by atoms with van der Waals surface area (Å²) < 4.78 is 28.7. The number of carbonyl (C=O) groups excluding carboxylic acids is 1. The predicted molar refractivity (Wildman–Crippen MR) is 73.9 cm³/mol. The molecule has 0 radical (unpaired) electrons. The maximum Gasteiger partial charge on any atom is 0.387 e. The van der Waals surface area contributed by atoms with Gasteiger partial charge in [-0.05, 0) is 38.0 Å². The van der Waals surface area contributed by atoms with E-state index in [2.05, 4.69) is 4.74 Å². The molecule has 0 aromatic heterocycles. The number of ether oxygens (including phenoxy) is 1. The first kappa shape index (κ1) is 16.2. The molecule has 1 saturated heterocycles. The SMILES string of the molecule is CC1CCC(C(=O)O)CN1C(=O)c1cccc(OC(F)F)c1. The molecule has 1 fully saturated rings. The Balaban J connectivity index is 2.17. The highest BCUT2D eigenvalue weighted by Crippen LogP contribution is 2.25. The Morgan fingerprint density at radius 1 is 1.36 bits per heavy atom. The van der Waals surface area contributed by atoms with Crippen LogP contribution in [0.15, 0.2) is 24.3 Å². The first-order valence-electron chi connectivity index (χ1n) is 6.97. The average Bonchev–Trinajstić information content (AvgIpc) is 2.46. The Morgan fingerprint density at radius 2 is 2.09 bits per heavy atom.